The Bertz CT molecular complexity index is 2870. The largest absolute Gasteiger partial charge is 0.310 e. The summed E-state index contributed by atoms with van der Waals surface area (Å²) in [5.41, 5.74) is 10.3. The molecule has 0 amide bonds. The van der Waals surface area contributed by atoms with Crippen LogP contribution in [0.5, 0.6) is 0 Å². The molecule has 0 N–H and O–H groups in total. The van der Waals surface area contributed by atoms with Gasteiger partial charge in [0.2, 0.25) is 0 Å². The van der Waals surface area contributed by atoms with Crippen molar-refractivity contribution >= 4 is 71.3 Å². The van der Waals surface area contributed by atoms with Crippen LogP contribution in [0.15, 0.2) is 182 Å². The minimum absolute atomic E-state index is 0.894. The number of anilines is 3. The summed E-state index contributed by atoms with van der Waals surface area (Å²) in [4.78, 5) is 17.4. The van der Waals surface area contributed by atoms with Crippen molar-refractivity contribution in [2.45, 2.75) is 0 Å². The highest BCUT2D eigenvalue weighted by Gasteiger charge is 2.21. The van der Waals surface area contributed by atoms with Gasteiger partial charge in [-0.15, -0.1) is 0 Å². The summed E-state index contributed by atoms with van der Waals surface area (Å²) in [6, 6.07) is 60.0. The Balaban J connectivity index is 1.36. The van der Waals surface area contributed by atoms with Gasteiger partial charge < -0.3 is 4.90 Å². The first-order chi connectivity index (χ1) is 25.3. The Labute approximate surface area is 294 Å². The molecule has 4 nitrogen and oxygen atoms in total. The van der Waals surface area contributed by atoms with Crippen molar-refractivity contribution in [3.8, 4) is 22.4 Å². The number of benzene rings is 7. The van der Waals surface area contributed by atoms with Gasteiger partial charge >= 0.3 is 0 Å². The van der Waals surface area contributed by atoms with Crippen molar-refractivity contribution in [3.63, 3.8) is 0 Å². The van der Waals surface area contributed by atoms with Crippen LogP contribution in [0.4, 0.5) is 17.1 Å². The second-order valence-corrected chi connectivity index (χ2v) is 12.8. The molecule has 0 radical (unpaired) electrons. The van der Waals surface area contributed by atoms with Crippen molar-refractivity contribution < 1.29 is 0 Å². The van der Waals surface area contributed by atoms with Crippen molar-refractivity contribution in [3.05, 3.63) is 182 Å². The Kier molecular flexibility index (Phi) is 6.78. The third-order valence-electron chi connectivity index (χ3n) is 9.88. The normalized spacial score (nSPS) is 11.5. The summed E-state index contributed by atoms with van der Waals surface area (Å²) >= 11 is 0. The van der Waals surface area contributed by atoms with Crippen LogP contribution < -0.4 is 4.90 Å². The van der Waals surface area contributed by atoms with Crippen molar-refractivity contribution in [1.29, 1.82) is 0 Å². The molecule has 0 aliphatic carbocycles. The number of hydrogen-bond acceptors (Lipinski definition) is 4. The molecule has 51 heavy (non-hydrogen) atoms. The van der Waals surface area contributed by atoms with Crippen LogP contribution in [-0.4, -0.2) is 15.0 Å². The lowest BCUT2D eigenvalue weighted by Crippen LogP contribution is -2.09. The maximum atomic E-state index is 5.50. The molecule has 238 valence electrons. The van der Waals surface area contributed by atoms with Gasteiger partial charge in [0.15, 0.2) is 0 Å². The number of pyridine rings is 3. The smallest absolute Gasteiger partial charge is 0.0970 e. The Morgan fingerprint density at radius 1 is 0.392 bits per heavy atom. The molecule has 0 unspecified atom stereocenters. The summed E-state index contributed by atoms with van der Waals surface area (Å²) in [5, 5.41) is 7.89. The molecule has 3 heterocycles. The fraction of sp³-hybridized carbons (Fsp3) is 0. The molecule has 0 aliphatic heterocycles. The maximum absolute atomic E-state index is 5.50. The van der Waals surface area contributed by atoms with Crippen LogP contribution in [0.3, 0.4) is 0 Å². The summed E-state index contributed by atoms with van der Waals surface area (Å²) in [5.74, 6) is 0. The quantitative estimate of drug-likeness (QED) is 0.174. The zero-order valence-electron chi connectivity index (χ0n) is 27.6. The average Bonchev–Trinajstić information content (AvgIpc) is 3.21. The van der Waals surface area contributed by atoms with E-state index >= 15 is 0 Å². The Hall–Kier alpha value is -6.91. The summed E-state index contributed by atoms with van der Waals surface area (Å²) < 4.78 is 0. The highest BCUT2D eigenvalue weighted by molar-refractivity contribution is 6.28. The molecule has 3 aromatic heterocycles. The Morgan fingerprint density at radius 2 is 1.08 bits per heavy atom. The predicted molar refractivity (Wildman–Crippen MR) is 213 cm³/mol. The molecule has 0 saturated heterocycles. The highest BCUT2D eigenvalue weighted by Crippen LogP contribution is 2.46. The first-order valence-corrected chi connectivity index (χ1v) is 17.2. The standard InChI is InChI=1S/C47H30N4/c1-4-13-31(14-5-1)45-44-40(38-26-28-49-47-39(38)24-22-32-16-12-27-48-46(32)47)29-33-15-10-11-21-37(33)43(44)41-30-36(23-25-42(41)50-45)51(34-17-6-2-7-18-34)35-19-8-3-9-20-35/h1-30H. The summed E-state index contributed by atoms with van der Waals surface area (Å²) in [6.45, 7) is 0. The van der Waals surface area contributed by atoms with Crippen molar-refractivity contribution in [2.24, 2.45) is 0 Å². The van der Waals surface area contributed by atoms with Gasteiger partial charge in [0.25, 0.3) is 0 Å². The lowest BCUT2D eigenvalue weighted by molar-refractivity contribution is 1.29. The molecule has 0 saturated carbocycles. The fourth-order valence-electron chi connectivity index (χ4n) is 7.62. The predicted octanol–water partition coefficient (Wildman–Crippen LogP) is 12.4. The third-order valence-corrected chi connectivity index (χ3v) is 9.88. The molecule has 0 atom stereocenters. The minimum Gasteiger partial charge on any atom is -0.310 e. The first kappa shape index (κ1) is 29.0. The van der Waals surface area contributed by atoms with Gasteiger partial charge in [-0.3, -0.25) is 9.97 Å². The minimum atomic E-state index is 0.894. The van der Waals surface area contributed by atoms with Gasteiger partial charge in [0, 0.05) is 62.0 Å². The first-order valence-electron chi connectivity index (χ1n) is 17.2. The lowest BCUT2D eigenvalue weighted by Gasteiger charge is -2.26. The lowest BCUT2D eigenvalue weighted by atomic mass is 9.87. The molecular weight excluding hydrogens is 621 g/mol. The van der Waals surface area contributed by atoms with Crippen LogP contribution in [0.1, 0.15) is 0 Å². The molecular formula is C47H30N4. The molecule has 0 fully saturated rings. The van der Waals surface area contributed by atoms with E-state index in [1.165, 1.54) is 16.2 Å². The highest BCUT2D eigenvalue weighted by atomic mass is 15.1. The second kappa shape index (κ2) is 11.9. The van der Waals surface area contributed by atoms with Crippen LogP contribution in [0.25, 0.3) is 76.6 Å². The molecule has 7 aromatic carbocycles. The van der Waals surface area contributed by atoms with Crippen LogP contribution in [0.2, 0.25) is 0 Å². The van der Waals surface area contributed by atoms with E-state index in [0.717, 1.165) is 77.5 Å². The van der Waals surface area contributed by atoms with Crippen LogP contribution in [0, 0.1) is 0 Å². The van der Waals surface area contributed by atoms with E-state index in [0.29, 0.717) is 0 Å². The zero-order valence-corrected chi connectivity index (χ0v) is 27.6. The molecule has 0 bridgehead atoms. The van der Waals surface area contributed by atoms with Gasteiger partial charge in [0.05, 0.1) is 22.2 Å². The molecule has 10 rings (SSSR count). The van der Waals surface area contributed by atoms with E-state index in [1.807, 2.05) is 18.5 Å². The number of hydrogen-bond donors (Lipinski definition) is 0. The number of nitrogens with zero attached hydrogens (tertiary/aromatic N) is 4. The van der Waals surface area contributed by atoms with E-state index in [-0.39, 0.29) is 0 Å². The maximum Gasteiger partial charge on any atom is 0.0970 e. The number of para-hydroxylation sites is 2. The van der Waals surface area contributed by atoms with Gasteiger partial charge in [-0.2, -0.15) is 0 Å². The topological polar surface area (TPSA) is 41.9 Å². The van der Waals surface area contributed by atoms with E-state index in [1.54, 1.807) is 0 Å². The average molecular weight is 651 g/mol. The zero-order chi connectivity index (χ0) is 33.7. The molecule has 0 spiro atoms. The molecule has 4 heteroatoms. The van der Waals surface area contributed by atoms with E-state index in [4.69, 9.17) is 15.0 Å². The van der Waals surface area contributed by atoms with Gasteiger partial charge in [-0.05, 0) is 82.6 Å². The molecule has 0 aliphatic rings. The van der Waals surface area contributed by atoms with Gasteiger partial charge in [-0.1, -0.05) is 109 Å². The third kappa shape index (κ3) is 4.80. The number of rotatable bonds is 5. The number of aromatic nitrogens is 3. The van der Waals surface area contributed by atoms with Crippen molar-refractivity contribution in [1.82, 2.24) is 15.0 Å². The SMILES string of the molecule is c1ccc(-c2nc3ccc(N(c4ccccc4)c4ccccc4)cc3c3c2c(-c2ccnc4c2ccc2cccnc24)cc2ccccc23)cc1. The van der Waals surface area contributed by atoms with Gasteiger partial charge in [-0.25, -0.2) is 4.98 Å². The van der Waals surface area contributed by atoms with Gasteiger partial charge in [0.1, 0.15) is 0 Å². The molecule has 10 aromatic rings. The fourth-order valence-corrected chi connectivity index (χ4v) is 7.62. The van der Waals surface area contributed by atoms with Crippen molar-refractivity contribution in [2.75, 3.05) is 4.90 Å². The van der Waals surface area contributed by atoms with Crippen LogP contribution in [-0.2, 0) is 0 Å². The van der Waals surface area contributed by atoms with Crippen LogP contribution >= 0.6 is 0 Å². The van der Waals surface area contributed by atoms with E-state index < -0.39 is 0 Å². The number of fused-ring (bicyclic) bond motifs is 8. The monoisotopic (exact) mass is 650 g/mol. The Morgan fingerprint density at radius 3 is 1.86 bits per heavy atom. The second-order valence-electron chi connectivity index (χ2n) is 12.8. The van der Waals surface area contributed by atoms with E-state index in [9.17, 15) is 0 Å². The summed E-state index contributed by atoms with van der Waals surface area (Å²) in [6.07, 6.45) is 3.76. The van der Waals surface area contributed by atoms with E-state index in [2.05, 4.69) is 169 Å². The summed E-state index contributed by atoms with van der Waals surface area (Å²) in [7, 11) is 0.